The maximum Gasteiger partial charge on any atom is 0.274 e. The molecule has 1 aromatic carbocycles. The van der Waals surface area contributed by atoms with Crippen LogP contribution in [0.4, 0.5) is 0 Å². The average molecular weight is 315 g/mol. The summed E-state index contributed by atoms with van der Waals surface area (Å²) in [5.41, 5.74) is 7.42. The van der Waals surface area contributed by atoms with E-state index in [1.807, 2.05) is 45.0 Å². The molecule has 0 aliphatic heterocycles. The van der Waals surface area contributed by atoms with Crippen LogP contribution in [0.1, 0.15) is 36.3 Å². The lowest BCUT2D eigenvalue weighted by molar-refractivity contribution is -0.120. The first-order chi connectivity index (χ1) is 10.9. The molecule has 0 aliphatic carbocycles. The zero-order valence-electron chi connectivity index (χ0n) is 13.5. The van der Waals surface area contributed by atoms with Gasteiger partial charge in [-0.1, -0.05) is 43.2 Å². The normalized spacial score (nSPS) is 13.3. The van der Waals surface area contributed by atoms with Gasteiger partial charge in [-0.05, 0) is 25.0 Å². The van der Waals surface area contributed by atoms with Crippen LogP contribution in [0.5, 0.6) is 0 Å². The standard InChI is InChI=1S/C16H21N5O2/c1-4-11(3)14(15(17)22)18-16(23)13-9-21(20-19-13)12-7-5-10(2)6-8-12/h5-9,11,14H,4H2,1-3H3,(H2,17,22)(H,18,23). The number of benzene rings is 1. The van der Waals surface area contributed by atoms with E-state index in [2.05, 4.69) is 15.6 Å². The second kappa shape index (κ2) is 7.04. The van der Waals surface area contributed by atoms with Gasteiger partial charge < -0.3 is 11.1 Å². The number of nitrogens with two attached hydrogens (primary N) is 1. The van der Waals surface area contributed by atoms with E-state index in [4.69, 9.17) is 5.73 Å². The first-order valence-corrected chi connectivity index (χ1v) is 7.52. The van der Waals surface area contributed by atoms with Crippen LogP contribution < -0.4 is 11.1 Å². The Hall–Kier alpha value is -2.70. The van der Waals surface area contributed by atoms with Gasteiger partial charge in [-0.3, -0.25) is 9.59 Å². The fourth-order valence-corrected chi connectivity index (χ4v) is 2.14. The lowest BCUT2D eigenvalue weighted by atomic mass is 9.98. The van der Waals surface area contributed by atoms with E-state index in [9.17, 15) is 9.59 Å². The van der Waals surface area contributed by atoms with E-state index in [0.717, 1.165) is 17.7 Å². The van der Waals surface area contributed by atoms with E-state index in [-0.39, 0.29) is 11.6 Å². The molecule has 2 atom stereocenters. The van der Waals surface area contributed by atoms with Crippen LogP contribution in [0, 0.1) is 12.8 Å². The van der Waals surface area contributed by atoms with Gasteiger partial charge in [-0.25, -0.2) is 4.68 Å². The van der Waals surface area contributed by atoms with Gasteiger partial charge >= 0.3 is 0 Å². The van der Waals surface area contributed by atoms with E-state index >= 15 is 0 Å². The summed E-state index contributed by atoms with van der Waals surface area (Å²) in [7, 11) is 0. The first-order valence-electron chi connectivity index (χ1n) is 7.52. The molecule has 2 unspecified atom stereocenters. The Morgan fingerprint density at radius 3 is 2.52 bits per heavy atom. The molecular weight excluding hydrogens is 294 g/mol. The topological polar surface area (TPSA) is 103 Å². The second-order valence-corrected chi connectivity index (χ2v) is 5.62. The van der Waals surface area contributed by atoms with Gasteiger partial charge in [0.25, 0.3) is 5.91 Å². The second-order valence-electron chi connectivity index (χ2n) is 5.62. The summed E-state index contributed by atoms with van der Waals surface area (Å²) in [6.45, 7) is 5.78. The smallest absolute Gasteiger partial charge is 0.274 e. The van der Waals surface area contributed by atoms with Crippen molar-refractivity contribution in [1.29, 1.82) is 0 Å². The zero-order chi connectivity index (χ0) is 17.0. The Morgan fingerprint density at radius 1 is 1.30 bits per heavy atom. The number of hydrogen-bond acceptors (Lipinski definition) is 4. The molecule has 0 spiro atoms. The van der Waals surface area contributed by atoms with Gasteiger partial charge in [0.2, 0.25) is 5.91 Å². The fraction of sp³-hybridized carbons (Fsp3) is 0.375. The lowest BCUT2D eigenvalue weighted by Crippen LogP contribution is -2.48. The van der Waals surface area contributed by atoms with Crippen LogP contribution in [-0.2, 0) is 4.79 Å². The summed E-state index contributed by atoms with van der Waals surface area (Å²) in [5.74, 6) is -1.07. The molecule has 2 rings (SSSR count). The minimum Gasteiger partial charge on any atom is -0.368 e. The van der Waals surface area contributed by atoms with E-state index in [0.29, 0.717) is 0 Å². The number of amides is 2. The number of hydrogen-bond donors (Lipinski definition) is 2. The SMILES string of the molecule is CCC(C)C(NC(=O)c1cn(-c2ccc(C)cc2)nn1)C(N)=O. The van der Waals surface area contributed by atoms with E-state index in [1.165, 1.54) is 10.9 Å². The number of carbonyl (C=O) groups excluding carboxylic acids is 2. The molecule has 23 heavy (non-hydrogen) atoms. The van der Waals surface area contributed by atoms with Gasteiger partial charge in [-0.15, -0.1) is 5.10 Å². The maximum absolute atomic E-state index is 12.2. The highest BCUT2D eigenvalue weighted by Crippen LogP contribution is 2.10. The molecule has 2 amide bonds. The number of aryl methyl sites for hydroxylation is 1. The predicted octanol–water partition coefficient (Wildman–Crippen LogP) is 1.21. The Kier molecular flexibility index (Phi) is 5.10. The van der Waals surface area contributed by atoms with Crippen molar-refractivity contribution >= 4 is 11.8 Å². The van der Waals surface area contributed by atoms with Crippen molar-refractivity contribution in [3.63, 3.8) is 0 Å². The molecule has 1 heterocycles. The van der Waals surface area contributed by atoms with Crippen LogP contribution >= 0.6 is 0 Å². The lowest BCUT2D eigenvalue weighted by Gasteiger charge is -2.20. The molecule has 2 aromatic rings. The summed E-state index contributed by atoms with van der Waals surface area (Å²) >= 11 is 0. The van der Waals surface area contributed by atoms with Gasteiger partial charge in [0.05, 0.1) is 11.9 Å². The van der Waals surface area contributed by atoms with Crippen molar-refractivity contribution in [2.45, 2.75) is 33.2 Å². The average Bonchev–Trinajstić information content (AvgIpc) is 3.02. The number of carbonyl (C=O) groups is 2. The third-order valence-corrected chi connectivity index (χ3v) is 3.83. The zero-order valence-corrected chi connectivity index (χ0v) is 13.5. The van der Waals surface area contributed by atoms with E-state index in [1.54, 1.807) is 0 Å². The summed E-state index contributed by atoms with van der Waals surface area (Å²) < 4.78 is 1.51. The number of nitrogens with zero attached hydrogens (tertiary/aromatic N) is 3. The highest BCUT2D eigenvalue weighted by molar-refractivity contribution is 5.95. The van der Waals surface area contributed by atoms with Crippen molar-refractivity contribution in [2.24, 2.45) is 11.7 Å². The molecule has 3 N–H and O–H groups in total. The quantitative estimate of drug-likeness (QED) is 0.836. The van der Waals surface area contributed by atoms with Gasteiger partial charge in [0, 0.05) is 0 Å². The number of rotatable bonds is 6. The van der Waals surface area contributed by atoms with Crippen molar-refractivity contribution in [3.05, 3.63) is 41.7 Å². The maximum atomic E-state index is 12.2. The van der Waals surface area contributed by atoms with Crippen LogP contribution in [-0.4, -0.2) is 32.9 Å². The van der Waals surface area contributed by atoms with E-state index < -0.39 is 17.9 Å². The van der Waals surface area contributed by atoms with Gasteiger partial charge in [0.1, 0.15) is 6.04 Å². The largest absolute Gasteiger partial charge is 0.368 e. The summed E-state index contributed by atoms with van der Waals surface area (Å²) in [5, 5.41) is 10.4. The summed E-state index contributed by atoms with van der Waals surface area (Å²) in [6, 6.07) is 6.94. The molecule has 7 heteroatoms. The molecule has 0 aliphatic rings. The van der Waals surface area contributed by atoms with Crippen LogP contribution in [0.15, 0.2) is 30.5 Å². The molecular formula is C16H21N5O2. The highest BCUT2D eigenvalue weighted by atomic mass is 16.2. The molecule has 0 radical (unpaired) electrons. The van der Waals surface area contributed by atoms with Crippen LogP contribution in [0.25, 0.3) is 5.69 Å². The fourth-order valence-electron chi connectivity index (χ4n) is 2.14. The monoisotopic (exact) mass is 315 g/mol. The first kappa shape index (κ1) is 16.7. The number of aromatic nitrogens is 3. The molecule has 0 bridgehead atoms. The number of nitrogens with one attached hydrogen (secondary N) is 1. The Balaban J connectivity index is 2.14. The number of primary amides is 1. The minimum atomic E-state index is -0.725. The van der Waals surface area contributed by atoms with Gasteiger partial charge in [0.15, 0.2) is 5.69 Å². The summed E-state index contributed by atoms with van der Waals surface area (Å²) in [4.78, 5) is 23.7. The Labute approximate surface area is 134 Å². The molecule has 7 nitrogen and oxygen atoms in total. The molecule has 0 fully saturated rings. The van der Waals surface area contributed by atoms with Crippen molar-refractivity contribution in [3.8, 4) is 5.69 Å². The Bertz CT molecular complexity index is 693. The molecule has 1 aromatic heterocycles. The molecule has 122 valence electrons. The summed E-state index contributed by atoms with van der Waals surface area (Å²) in [6.07, 6.45) is 2.25. The highest BCUT2D eigenvalue weighted by Gasteiger charge is 2.25. The van der Waals surface area contributed by atoms with Crippen molar-refractivity contribution in [2.75, 3.05) is 0 Å². The predicted molar refractivity (Wildman–Crippen MR) is 86.0 cm³/mol. The van der Waals surface area contributed by atoms with Crippen molar-refractivity contribution in [1.82, 2.24) is 20.3 Å². The third-order valence-electron chi connectivity index (χ3n) is 3.83. The minimum absolute atomic E-state index is 0.0522. The van der Waals surface area contributed by atoms with Gasteiger partial charge in [-0.2, -0.15) is 0 Å². The Morgan fingerprint density at radius 2 is 1.96 bits per heavy atom. The van der Waals surface area contributed by atoms with Crippen LogP contribution in [0.2, 0.25) is 0 Å². The third kappa shape index (κ3) is 3.94. The molecule has 0 saturated heterocycles. The molecule has 0 saturated carbocycles. The van der Waals surface area contributed by atoms with Crippen LogP contribution in [0.3, 0.4) is 0 Å². The van der Waals surface area contributed by atoms with Crippen molar-refractivity contribution < 1.29 is 9.59 Å².